The van der Waals surface area contributed by atoms with Crippen molar-refractivity contribution in [3.8, 4) is 0 Å². The summed E-state index contributed by atoms with van der Waals surface area (Å²) in [5, 5.41) is 28.9. The minimum Gasteiger partial charge on any atom is -0.495 e. The van der Waals surface area contributed by atoms with Crippen molar-refractivity contribution in [2.75, 3.05) is 37.1 Å². The summed E-state index contributed by atoms with van der Waals surface area (Å²) in [5.74, 6) is -0.315. The van der Waals surface area contributed by atoms with Crippen LogP contribution in [-0.4, -0.2) is 55.6 Å². The highest BCUT2D eigenvalue weighted by Crippen LogP contribution is 2.39. The van der Waals surface area contributed by atoms with Gasteiger partial charge in [0.1, 0.15) is 11.9 Å². The number of carbonyl (C=O) groups is 2. The van der Waals surface area contributed by atoms with Gasteiger partial charge in [-0.1, -0.05) is 110 Å². The van der Waals surface area contributed by atoms with Crippen LogP contribution in [0.5, 0.6) is 0 Å². The van der Waals surface area contributed by atoms with Crippen molar-refractivity contribution in [3.63, 3.8) is 0 Å². The van der Waals surface area contributed by atoms with E-state index < -0.39 is 12.2 Å². The summed E-state index contributed by atoms with van der Waals surface area (Å²) in [7, 11) is 0. The van der Waals surface area contributed by atoms with Crippen molar-refractivity contribution in [2.45, 2.75) is 57.2 Å². The maximum atomic E-state index is 13.9. The van der Waals surface area contributed by atoms with E-state index in [2.05, 4.69) is 115 Å². The number of amides is 2. The third-order valence-electron chi connectivity index (χ3n) is 11.3. The first-order valence-electron chi connectivity index (χ1n) is 20.7. The molecule has 0 aliphatic rings. The molecule has 0 radical (unpaired) electrons. The second-order valence-electron chi connectivity index (χ2n) is 15.2. The number of aliphatic hydroxyl groups is 1. The molecule has 0 aliphatic heterocycles. The van der Waals surface area contributed by atoms with Crippen molar-refractivity contribution in [2.24, 2.45) is 0 Å². The van der Waals surface area contributed by atoms with Gasteiger partial charge in [0.2, 0.25) is 0 Å². The zero-order valence-electron chi connectivity index (χ0n) is 33.3. The first-order chi connectivity index (χ1) is 28.9. The molecule has 8 aromatic rings. The number of anilines is 2. The van der Waals surface area contributed by atoms with Crippen LogP contribution in [0.2, 0.25) is 0 Å². The van der Waals surface area contributed by atoms with Crippen LogP contribution in [0.3, 0.4) is 0 Å². The quantitative estimate of drug-likeness (QED) is 0.0290. The molecule has 0 aliphatic carbocycles. The van der Waals surface area contributed by atoms with Gasteiger partial charge in [0, 0.05) is 48.4 Å². The van der Waals surface area contributed by atoms with Gasteiger partial charge < -0.3 is 30.0 Å². The Morgan fingerprint density at radius 1 is 0.559 bits per heavy atom. The molecule has 3 N–H and O–H groups in total. The average Bonchev–Trinajstić information content (AvgIpc) is 3.26. The molecule has 8 rings (SSSR count). The Morgan fingerprint density at radius 3 is 1.56 bits per heavy atom. The molecule has 0 bridgehead atoms. The Kier molecular flexibility index (Phi) is 12.3. The normalized spacial score (nSPS) is 12.8. The van der Waals surface area contributed by atoms with Gasteiger partial charge in [-0.05, 0) is 105 Å². The first kappa shape index (κ1) is 39.8. The number of carbonyl (C=O) groups excluding carboxylic acids is 2. The predicted octanol–water partition coefficient (Wildman–Crippen LogP) is 11.3. The second-order valence-corrected chi connectivity index (χ2v) is 15.2. The largest absolute Gasteiger partial charge is 0.495 e. The smallest absolute Gasteiger partial charge is 0.261 e. The Hall–Kier alpha value is -6.06. The molecule has 0 spiro atoms. The third-order valence-corrected chi connectivity index (χ3v) is 11.3. The molecule has 0 aromatic heterocycles. The summed E-state index contributed by atoms with van der Waals surface area (Å²) in [6, 6.07) is 37.4. The number of rotatable bonds is 21. The van der Waals surface area contributed by atoms with E-state index in [0.29, 0.717) is 51.2 Å². The minimum absolute atomic E-state index is 0.115. The number of hydrogen-bond acceptors (Lipinski definition) is 6. The molecule has 300 valence electrons. The lowest BCUT2D eigenvalue weighted by atomic mass is 9.93. The van der Waals surface area contributed by atoms with Crippen LogP contribution in [-0.2, 0) is 23.8 Å². The summed E-state index contributed by atoms with van der Waals surface area (Å²) in [5.41, 5.74) is 1.45. The van der Waals surface area contributed by atoms with Crippen molar-refractivity contribution in [1.82, 2.24) is 0 Å². The van der Waals surface area contributed by atoms with Crippen LogP contribution < -0.4 is 10.6 Å². The summed E-state index contributed by atoms with van der Waals surface area (Å²) >= 11 is 0. The fraction of sp³-hybridized carbons (Fsp3) is 0.255. The summed E-state index contributed by atoms with van der Waals surface area (Å²) in [6.07, 6.45) is 4.75. The molecular formula is C51H50N2O6. The summed E-state index contributed by atoms with van der Waals surface area (Å²) in [6.45, 7) is 9.15. The molecule has 8 nitrogen and oxygen atoms in total. The van der Waals surface area contributed by atoms with Crippen molar-refractivity contribution in [1.29, 1.82) is 0 Å². The Morgan fingerprint density at radius 2 is 1.02 bits per heavy atom. The highest BCUT2D eigenvalue weighted by atomic mass is 16.5. The fourth-order valence-corrected chi connectivity index (χ4v) is 8.29. The minimum atomic E-state index is -1.02. The molecule has 8 heteroatoms. The molecule has 0 fully saturated rings. The first-order valence-corrected chi connectivity index (χ1v) is 20.7. The molecule has 2 amide bonds. The van der Waals surface area contributed by atoms with E-state index in [1.165, 1.54) is 21.5 Å². The lowest BCUT2D eigenvalue weighted by molar-refractivity contribution is -0.128. The monoisotopic (exact) mass is 786 g/mol. The molecule has 0 saturated carbocycles. The van der Waals surface area contributed by atoms with Crippen LogP contribution in [0.1, 0.15) is 44.9 Å². The zero-order valence-corrected chi connectivity index (χ0v) is 33.3. The van der Waals surface area contributed by atoms with E-state index in [1.807, 2.05) is 18.2 Å². The summed E-state index contributed by atoms with van der Waals surface area (Å²) in [4.78, 5) is 27.4. The maximum Gasteiger partial charge on any atom is 0.261 e. The van der Waals surface area contributed by atoms with Crippen LogP contribution in [0, 0.1) is 0 Å². The van der Waals surface area contributed by atoms with Gasteiger partial charge in [-0.3, -0.25) is 9.59 Å². The topological polar surface area (TPSA) is 106 Å². The third kappa shape index (κ3) is 8.43. The van der Waals surface area contributed by atoms with Gasteiger partial charge in [-0.25, -0.2) is 0 Å². The highest BCUT2D eigenvalue weighted by Gasteiger charge is 2.26. The van der Waals surface area contributed by atoms with Gasteiger partial charge >= 0.3 is 0 Å². The van der Waals surface area contributed by atoms with Gasteiger partial charge in [0.25, 0.3) is 11.8 Å². The molecule has 0 saturated heterocycles. The lowest BCUT2D eigenvalue weighted by Crippen LogP contribution is -2.33. The number of hydrogen-bond donors (Lipinski definition) is 3. The standard InChI is InChI=1S/C51H50N2O6/c1-3-12-44(50(55)52-42-27-23-38-19-17-34-13-10-15-36-21-25-40(42)47(38)45(34)36)58-31-9-5-8-30-57-33(2)49(59-32-7-4-6-29-54)51(56)53-43-28-24-39-20-18-35-14-11-16-37-22-26-41(43)48(39)46(35)37/h3,10-11,13-28,44,49,54H,1-2,4-9,12,29-32H2,(H,52,55)(H,53,56). The van der Waals surface area contributed by atoms with Crippen molar-refractivity contribution >= 4 is 87.8 Å². The molecule has 59 heavy (non-hydrogen) atoms. The second kappa shape index (κ2) is 18.2. The number of benzene rings is 8. The lowest BCUT2D eigenvalue weighted by Gasteiger charge is -2.21. The van der Waals surface area contributed by atoms with Gasteiger partial charge in [0.05, 0.1) is 6.61 Å². The molecule has 2 unspecified atom stereocenters. The van der Waals surface area contributed by atoms with Crippen LogP contribution in [0.4, 0.5) is 11.4 Å². The number of unbranched alkanes of at least 4 members (excludes halogenated alkanes) is 4. The van der Waals surface area contributed by atoms with Gasteiger partial charge in [-0.15, -0.1) is 6.58 Å². The number of nitrogens with one attached hydrogen (secondary N) is 2. The van der Waals surface area contributed by atoms with Crippen LogP contribution in [0.15, 0.2) is 134 Å². The SMILES string of the molecule is C=CCC(OCCCCCOC(=C)C(OCCCCCO)C(=O)Nc1ccc2ccc3cccc4ccc1c2c34)C(=O)Nc1ccc2ccc3cccc4ccc1c2c34. The maximum absolute atomic E-state index is 13.9. The predicted molar refractivity (Wildman–Crippen MR) is 242 cm³/mol. The molecule has 2 atom stereocenters. The fourth-order valence-electron chi connectivity index (χ4n) is 8.29. The van der Waals surface area contributed by atoms with Gasteiger partial charge in [-0.2, -0.15) is 0 Å². The van der Waals surface area contributed by atoms with E-state index in [1.54, 1.807) is 6.08 Å². The zero-order chi connectivity index (χ0) is 40.7. The highest BCUT2D eigenvalue weighted by molar-refractivity contribution is 6.27. The Labute approximate surface area is 344 Å². The summed E-state index contributed by atoms with van der Waals surface area (Å²) < 4.78 is 18.2. The molecule has 0 heterocycles. The van der Waals surface area contributed by atoms with E-state index in [-0.39, 0.29) is 24.2 Å². The Bertz CT molecular complexity index is 2730. The van der Waals surface area contributed by atoms with E-state index in [0.717, 1.165) is 68.0 Å². The van der Waals surface area contributed by atoms with E-state index in [9.17, 15) is 14.7 Å². The molecular weight excluding hydrogens is 737 g/mol. The molecule has 8 aromatic carbocycles. The van der Waals surface area contributed by atoms with E-state index >= 15 is 0 Å². The number of ether oxygens (including phenoxy) is 3. The number of aliphatic hydroxyl groups excluding tert-OH is 1. The average molecular weight is 787 g/mol. The van der Waals surface area contributed by atoms with Crippen molar-refractivity contribution < 1.29 is 28.9 Å². The van der Waals surface area contributed by atoms with Crippen LogP contribution >= 0.6 is 0 Å². The Balaban J connectivity index is 0.847. The van der Waals surface area contributed by atoms with Crippen molar-refractivity contribution in [3.05, 3.63) is 134 Å². The van der Waals surface area contributed by atoms with Gasteiger partial charge in [0.15, 0.2) is 6.10 Å². The van der Waals surface area contributed by atoms with Crippen LogP contribution in [0.25, 0.3) is 64.6 Å². The van der Waals surface area contributed by atoms with E-state index in [4.69, 9.17) is 14.2 Å².